The fourth-order valence-electron chi connectivity index (χ4n) is 14.2. The number of aromatic nitrogens is 2. The van der Waals surface area contributed by atoms with Crippen LogP contribution in [0.3, 0.4) is 0 Å². The molecule has 390 valence electrons. The van der Waals surface area contributed by atoms with E-state index in [2.05, 4.69) is 337 Å². The van der Waals surface area contributed by atoms with Gasteiger partial charge in [0.25, 0.3) is 0 Å². The third kappa shape index (κ3) is 7.42. The lowest BCUT2D eigenvalue weighted by Crippen LogP contribution is -2.75. The molecule has 5 heteroatoms. The first-order valence-electron chi connectivity index (χ1n) is 28.7. The van der Waals surface area contributed by atoms with Crippen LogP contribution in [-0.4, -0.2) is 25.3 Å². The van der Waals surface area contributed by atoms with Gasteiger partial charge in [-0.2, -0.15) is 0 Å². The third-order valence-corrected chi connectivity index (χ3v) is 27.2. The van der Waals surface area contributed by atoms with Crippen LogP contribution in [0, 0.1) is 0 Å². The monoisotopic (exact) mass is 1090 g/mol. The van der Waals surface area contributed by atoms with E-state index in [1.165, 1.54) is 74.2 Å². The summed E-state index contributed by atoms with van der Waals surface area (Å²) in [6, 6.07) is 122. The molecular weight excluding hydrogens is 1040 g/mol. The number of rotatable bonds is 11. The van der Waals surface area contributed by atoms with Gasteiger partial charge in [-0.3, -0.25) is 0 Å². The summed E-state index contributed by atoms with van der Waals surface area (Å²) >= 11 is 0. The van der Waals surface area contributed by atoms with Gasteiger partial charge in [0.05, 0.1) is 27.8 Å². The van der Waals surface area contributed by atoms with Gasteiger partial charge in [0.2, 0.25) is 0 Å². The van der Waals surface area contributed by atoms with Crippen molar-refractivity contribution in [2.45, 2.75) is 0 Å². The summed E-state index contributed by atoms with van der Waals surface area (Å²) in [6.45, 7) is 0. The van der Waals surface area contributed by atoms with E-state index in [1.807, 2.05) is 0 Å². The van der Waals surface area contributed by atoms with Crippen LogP contribution in [0.4, 0.5) is 0 Å². The predicted molar refractivity (Wildman–Crippen MR) is 355 cm³/mol. The maximum atomic E-state index is 7.09. The Morgan fingerprint density at radius 3 is 1.31 bits per heavy atom. The molecular formula is C78H54N2OSi2. The Labute approximate surface area is 483 Å². The highest BCUT2D eigenvalue weighted by Gasteiger charge is 2.46. The summed E-state index contributed by atoms with van der Waals surface area (Å²) in [6.07, 6.45) is 0. The molecule has 0 bridgehead atoms. The predicted octanol–water partition coefficient (Wildman–Crippen LogP) is 14.2. The number of nitrogens with zero attached hydrogens (tertiary/aromatic N) is 2. The molecule has 3 heterocycles. The molecule has 16 aromatic rings. The summed E-state index contributed by atoms with van der Waals surface area (Å²) in [4.78, 5) is 0. The van der Waals surface area contributed by atoms with E-state index in [4.69, 9.17) is 4.42 Å². The summed E-state index contributed by atoms with van der Waals surface area (Å²) in [7, 11) is -6.14. The van der Waals surface area contributed by atoms with E-state index >= 15 is 0 Å². The number of benzene rings is 13. The second-order valence-electron chi connectivity index (χ2n) is 21.8. The van der Waals surface area contributed by atoms with Gasteiger partial charge in [0.15, 0.2) is 16.1 Å². The minimum atomic E-state index is -3.24. The first kappa shape index (κ1) is 48.6. The van der Waals surface area contributed by atoms with Gasteiger partial charge < -0.3 is 13.6 Å². The molecule has 0 fully saturated rings. The van der Waals surface area contributed by atoms with E-state index in [0.717, 1.165) is 55.4 Å². The van der Waals surface area contributed by atoms with Crippen molar-refractivity contribution in [3.8, 4) is 22.5 Å². The molecule has 0 amide bonds. The molecule has 3 aromatic heterocycles. The quantitative estimate of drug-likeness (QED) is 0.0935. The Hall–Kier alpha value is -10.3. The number of para-hydroxylation sites is 4. The Morgan fingerprint density at radius 2 is 0.675 bits per heavy atom. The van der Waals surface area contributed by atoms with Crippen LogP contribution in [0.1, 0.15) is 0 Å². The molecule has 0 N–H and O–H groups in total. The van der Waals surface area contributed by atoms with Crippen LogP contribution in [-0.2, 0) is 0 Å². The number of fused-ring (bicyclic) bond motifs is 9. The van der Waals surface area contributed by atoms with Crippen molar-refractivity contribution < 1.29 is 4.42 Å². The molecule has 0 aliphatic heterocycles. The van der Waals surface area contributed by atoms with Crippen molar-refractivity contribution in [3.05, 3.63) is 328 Å². The highest BCUT2D eigenvalue weighted by atomic mass is 28.3. The lowest BCUT2D eigenvalue weighted by molar-refractivity contribution is 0.671. The summed E-state index contributed by atoms with van der Waals surface area (Å²) in [5, 5.41) is 17.7. The summed E-state index contributed by atoms with van der Waals surface area (Å²) in [5.74, 6) is 0. The minimum absolute atomic E-state index is 0.899. The van der Waals surface area contributed by atoms with E-state index in [0.29, 0.717) is 0 Å². The maximum Gasteiger partial charge on any atom is 0.184 e. The van der Waals surface area contributed by atoms with E-state index < -0.39 is 16.1 Å². The van der Waals surface area contributed by atoms with Crippen molar-refractivity contribution >= 4 is 123 Å². The zero-order valence-electron chi connectivity index (χ0n) is 45.5. The molecule has 0 unspecified atom stereocenters. The lowest BCUT2D eigenvalue weighted by atomic mass is 10.1. The molecule has 0 saturated carbocycles. The zero-order valence-corrected chi connectivity index (χ0v) is 47.5. The van der Waals surface area contributed by atoms with Crippen LogP contribution < -0.4 is 41.5 Å². The SMILES string of the molecule is c1ccc(-c2cccc([Si](c3ccccc3)(c3ccccc3)c3ccc(-n4c5ccccc5c5c(-n6c7ccccc7c7c([Si](c8ccccc8)(c8ccccc8)c8cccc9c8oc8ccccc89)cccc76)cccc54)cc3)c2)cc1. The Balaban J connectivity index is 0.932. The smallest absolute Gasteiger partial charge is 0.184 e. The van der Waals surface area contributed by atoms with Crippen molar-refractivity contribution in [1.29, 1.82) is 0 Å². The molecule has 0 aliphatic carbocycles. The lowest BCUT2D eigenvalue weighted by Gasteiger charge is -2.35. The normalized spacial score (nSPS) is 12.1. The average Bonchev–Trinajstić information content (AvgIpc) is 2.93. The van der Waals surface area contributed by atoms with Gasteiger partial charge in [-0.05, 0) is 101 Å². The topological polar surface area (TPSA) is 23.0 Å². The van der Waals surface area contributed by atoms with E-state index in [1.54, 1.807) is 0 Å². The van der Waals surface area contributed by atoms with Gasteiger partial charge in [0, 0.05) is 38.0 Å². The van der Waals surface area contributed by atoms with Crippen LogP contribution in [0.2, 0.25) is 0 Å². The van der Waals surface area contributed by atoms with Gasteiger partial charge in [-0.25, -0.2) is 0 Å². The van der Waals surface area contributed by atoms with Crippen molar-refractivity contribution in [1.82, 2.24) is 9.13 Å². The zero-order chi connectivity index (χ0) is 54.9. The number of hydrogen-bond donors (Lipinski definition) is 0. The second kappa shape index (κ2) is 19.7. The Kier molecular flexibility index (Phi) is 11.6. The fraction of sp³-hybridized carbons (Fsp3) is 0. The van der Waals surface area contributed by atoms with Gasteiger partial charge in [0.1, 0.15) is 11.2 Å². The molecule has 0 saturated heterocycles. The summed E-state index contributed by atoms with van der Waals surface area (Å²) in [5.41, 5.74) is 11.2. The van der Waals surface area contributed by atoms with Gasteiger partial charge >= 0.3 is 0 Å². The first-order valence-corrected chi connectivity index (χ1v) is 32.7. The molecule has 0 radical (unpaired) electrons. The van der Waals surface area contributed by atoms with Crippen molar-refractivity contribution in [2.75, 3.05) is 0 Å². The molecule has 0 aliphatic rings. The third-order valence-electron chi connectivity index (χ3n) is 17.6. The van der Waals surface area contributed by atoms with E-state index in [-0.39, 0.29) is 0 Å². The standard InChI is InChI=1S/C78H54N2OSi2/c1-6-26-55(27-7-1)56-28-22-37-63(54-56)82(58-29-8-2-9-30-58,59-31-10-3-11-32-59)62-52-50-57(51-53-62)79-68-42-19-16-39-66(68)76-70(79)44-24-45-71(76)80-69-43-20-17-40-67(69)77-72(80)46-25-48-74(77)83(60-33-12-4-13-34-60,61-35-14-5-15-36-61)75-49-23-41-65-64-38-18-21-47-73(64)81-78(65)75/h1-54H. The van der Waals surface area contributed by atoms with Crippen LogP contribution in [0.5, 0.6) is 0 Å². The summed E-state index contributed by atoms with van der Waals surface area (Å²) < 4.78 is 12.1. The minimum Gasteiger partial charge on any atom is -0.456 e. The Morgan fingerprint density at radius 1 is 0.253 bits per heavy atom. The highest BCUT2D eigenvalue weighted by Crippen LogP contribution is 2.40. The molecule has 16 rings (SSSR count). The molecule has 0 atom stereocenters. The molecule has 13 aromatic carbocycles. The van der Waals surface area contributed by atoms with E-state index in [9.17, 15) is 0 Å². The number of hydrogen-bond acceptors (Lipinski definition) is 1. The fourth-order valence-corrected chi connectivity index (χ4v) is 24.1. The van der Waals surface area contributed by atoms with Gasteiger partial charge in [-0.1, -0.05) is 279 Å². The highest BCUT2D eigenvalue weighted by molar-refractivity contribution is 7.22. The van der Waals surface area contributed by atoms with Crippen LogP contribution >= 0.6 is 0 Å². The molecule has 0 spiro atoms. The van der Waals surface area contributed by atoms with Crippen LogP contribution in [0.15, 0.2) is 332 Å². The number of furan rings is 1. The van der Waals surface area contributed by atoms with Crippen LogP contribution in [0.25, 0.3) is 88.1 Å². The first-order chi connectivity index (χ1) is 41.2. The molecule has 83 heavy (non-hydrogen) atoms. The molecule has 3 nitrogen and oxygen atoms in total. The average molecular weight is 1090 g/mol. The van der Waals surface area contributed by atoms with Crippen molar-refractivity contribution in [3.63, 3.8) is 0 Å². The van der Waals surface area contributed by atoms with Gasteiger partial charge in [-0.15, -0.1) is 0 Å². The Bertz CT molecular complexity index is 4990. The maximum absolute atomic E-state index is 7.09. The second-order valence-corrected chi connectivity index (χ2v) is 29.4. The largest absolute Gasteiger partial charge is 0.456 e. The van der Waals surface area contributed by atoms with Crippen molar-refractivity contribution in [2.24, 2.45) is 0 Å².